The Hall–Kier alpha value is -3.12. The number of hydrogen-bond donors (Lipinski definition) is 1. The number of esters is 1. The van der Waals surface area contributed by atoms with Gasteiger partial charge in [0.05, 0.1) is 11.9 Å². The van der Waals surface area contributed by atoms with Crippen molar-refractivity contribution < 1.29 is 14.3 Å². The minimum Gasteiger partial charge on any atom is -0.457 e. The van der Waals surface area contributed by atoms with Crippen LogP contribution in [0.2, 0.25) is 5.02 Å². The maximum absolute atomic E-state index is 12.2. The maximum atomic E-state index is 12.2. The van der Waals surface area contributed by atoms with Crippen LogP contribution >= 0.6 is 11.6 Å². The normalized spacial score (nSPS) is 10.4. The second-order valence-corrected chi connectivity index (χ2v) is 6.32. The maximum Gasteiger partial charge on any atom is 0.338 e. The van der Waals surface area contributed by atoms with Crippen molar-refractivity contribution in [3.05, 3.63) is 83.4 Å². The number of nitrogens with one attached hydrogen (secondary N) is 1. The first-order chi connectivity index (χ1) is 13.1. The summed E-state index contributed by atoms with van der Waals surface area (Å²) >= 11 is 5.83. The van der Waals surface area contributed by atoms with Crippen molar-refractivity contribution >= 4 is 29.2 Å². The molecule has 0 atom stereocenters. The third-order valence-corrected chi connectivity index (χ3v) is 4.07. The molecular weight excluding hydrogens is 366 g/mol. The summed E-state index contributed by atoms with van der Waals surface area (Å²) < 4.78 is 7.13. The number of anilines is 1. The third kappa shape index (κ3) is 5.69. The van der Waals surface area contributed by atoms with Crippen LogP contribution in [0, 0.1) is 0 Å². The molecule has 0 spiro atoms. The van der Waals surface area contributed by atoms with E-state index < -0.39 is 5.97 Å². The number of imidazole rings is 1. The van der Waals surface area contributed by atoms with E-state index in [0.717, 1.165) is 5.56 Å². The number of aryl methyl sites for hydroxylation is 1. The first-order valence-electron chi connectivity index (χ1n) is 8.37. The van der Waals surface area contributed by atoms with Crippen LogP contribution in [0.3, 0.4) is 0 Å². The van der Waals surface area contributed by atoms with Gasteiger partial charge in [-0.2, -0.15) is 0 Å². The zero-order chi connectivity index (χ0) is 19.1. The molecule has 0 fully saturated rings. The summed E-state index contributed by atoms with van der Waals surface area (Å²) in [5.74, 6) is -0.602. The molecule has 0 saturated heterocycles. The highest BCUT2D eigenvalue weighted by atomic mass is 35.5. The van der Waals surface area contributed by atoms with Crippen molar-refractivity contribution in [3.8, 4) is 0 Å². The number of ether oxygens (including phenoxy) is 1. The van der Waals surface area contributed by atoms with Crippen LogP contribution in [-0.4, -0.2) is 21.4 Å². The van der Waals surface area contributed by atoms with Crippen molar-refractivity contribution in [3.63, 3.8) is 0 Å². The van der Waals surface area contributed by atoms with Gasteiger partial charge in [-0.15, -0.1) is 0 Å². The van der Waals surface area contributed by atoms with Crippen LogP contribution in [0.5, 0.6) is 0 Å². The highest BCUT2D eigenvalue weighted by Crippen LogP contribution is 2.14. The fourth-order valence-corrected chi connectivity index (χ4v) is 2.54. The number of nitrogens with zero attached hydrogens (tertiary/aromatic N) is 2. The summed E-state index contributed by atoms with van der Waals surface area (Å²) in [4.78, 5) is 28.2. The lowest BCUT2D eigenvalue weighted by Gasteiger charge is -2.08. The molecule has 6 nitrogen and oxygen atoms in total. The highest BCUT2D eigenvalue weighted by molar-refractivity contribution is 6.30. The Balaban J connectivity index is 1.53. The van der Waals surface area contributed by atoms with Gasteiger partial charge in [0.1, 0.15) is 6.61 Å². The van der Waals surface area contributed by atoms with E-state index in [-0.39, 0.29) is 12.5 Å². The Morgan fingerprint density at radius 1 is 1.15 bits per heavy atom. The SMILES string of the molecule is O=C(CCn1ccnc1)Nc1cccc(C(=O)OCc2ccc(Cl)cc2)c1. The quantitative estimate of drug-likeness (QED) is 0.627. The average Bonchev–Trinajstić information content (AvgIpc) is 3.19. The lowest BCUT2D eigenvalue weighted by molar-refractivity contribution is -0.116. The number of rotatable bonds is 7. The number of aromatic nitrogens is 2. The Bertz CT molecular complexity index is 908. The van der Waals surface area contributed by atoms with Crippen molar-refractivity contribution in [1.29, 1.82) is 0 Å². The van der Waals surface area contributed by atoms with Crippen LogP contribution in [0.15, 0.2) is 67.3 Å². The van der Waals surface area contributed by atoms with E-state index in [0.29, 0.717) is 29.2 Å². The predicted octanol–water partition coefficient (Wildman–Crippen LogP) is 3.92. The molecule has 1 N–H and O–H groups in total. The Morgan fingerprint density at radius 3 is 2.70 bits per heavy atom. The molecule has 0 saturated carbocycles. The molecule has 3 rings (SSSR count). The number of carbonyl (C=O) groups excluding carboxylic acids is 2. The molecule has 0 aliphatic rings. The van der Waals surface area contributed by atoms with Crippen molar-refractivity contribution in [2.24, 2.45) is 0 Å². The van der Waals surface area contributed by atoms with Crippen LogP contribution in [0.4, 0.5) is 5.69 Å². The second-order valence-electron chi connectivity index (χ2n) is 5.88. The van der Waals surface area contributed by atoms with Gasteiger partial charge in [0.15, 0.2) is 0 Å². The highest BCUT2D eigenvalue weighted by Gasteiger charge is 2.10. The molecule has 0 aliphatic carbocycles. The molecule has 1 heterocycles. The molecule has 0 unspecified atom stereocenters. The van der Waals surface area contributed by atoms with Gasteiger partial charge in [0, 0.05) is 36.1 Å². The van der Waals surface area contributed by atoms with E-state index in [9.17, 15) is 9.59 Å². The number of halogens is 1. The molecule has 0 bridgehead atoms. The zero-order valence-corrected chi connectivity index (χ0v) is 15.2. The largest absolute Gasteiger partial charge is 0.457 e. The topological polar surface area (TPSA) is 73.2 Å². The molecule has 0 radical (unpaired) electrons. The van der Waals surface area contributed by atoms with E-state index in [1.54, 1.807) is 67.3 Å². The lowest BCUT2D eigenvalue weighted by atomic mass is 10.2. The van der Waals surface area contributed by atoms with Gasteiger partial charge in [-0.25, -0.2) is 9.78 Å². The van der Waals surface area contributed by atoms with Gasteiger partial charge in [-0.1, -0.05) is 29.8 Å². The van der Waals surface area contributed by atoms with Crippen LogP contribution in [-0.2, 0) is 22.7 Å². The van der Waals surface area contributed by atoms with Gasteiger partial charge in [-0.05, 0) is 35.9 Å². The van der Waals surface area contributed by atoms with Gasteiger partial charge in [0.25, 0.3) is 0 Å². The molecule has 1 amide bonds. The van der Waals surface area contributed by atoms with Crippen LogP contribution in [0.25, 0.3) is 0 Å². The summed E-state index contributed by atoms with van der Waals surface area (Å²) in [5, 5.41) is 3.41. The molecule has 7 heteroatoms. The summed E-state index contributed by atoms with van der Waals surface area (Å²) in [6.45, 7) is 0.687. The van der Waals surface area contributed by atoms with Crippen LogP contribution in [0.1, 0.15) is 22.3 Å². The van der Waals surface area contributed by atoms with Gasteiger partial charge in [0.2, 0.25) is 5.91 Å². The Kier molecular flexibility index (Phi) is 6.22. The van der Waals surface area contributed by atoms with Crippen molar-refractivity contribution in [2.75, 3.05) is 5.32 Å². The second kappa shape index (κ2) is 9.00. The minimum atomic E-state index is -0.459. The van der Waals surface area contributed by atoms with Crippen molar-refractivity contribution in [1.82, 2.24) is 9.55 Å². The monoisotopic (exact) mass is 383 g/mol. The molecule has 1 aromatic heterocycles. The van der Waals surface area contributed by atoms with E-state index in [4.69, 9.17) is 16.3 Å². The first-order valence-corrected chi connectivity index (χ1v) is 8.75. The predicted molar refractivity (Wildman–Crippen MR) is 102 cm³/mol. The fraction of sp³-hybridized carbons (Fsp3) is 0.150. The number of carbonyl (C=O) groups is 2. The molecule has 27 heavy (non-hydrogen) atoms. The minimum absolute atomic E-state index is 0.143. The third-order valence-electron chi connectivity index (χ3n) is 3.82. The lowest BCUT2D eigenvalue weighted by Crippen LogP contribution is -2.14. The van der Waals surface area contributed by atoms with Crippen molar-refractivity contribution in [2.45, 2.75) is 19.6 Å². The average molecular weight is 384 g/mol. The Morgan fingerprint density at radius 2 is 1.96 bits per heavy atom. The summed E-state index contributed by atoms with van der Waals surface area (Å²) in [6.07, 6.45) is 5.42. The fourth-order valence-electron chi connectivity index (χ4n) is 2.41. The smallest absolute Gasteiger partial charge is 0.338 e. The van der Waals surface area contributed by atoms with Gasteiger partial charge < -0.3 is 14.6 Å². The molecule has 2 aromatic carbocycles. The van der Waals surface area contributed by atoms with E-state index in [1.165, 1.54) is 0 Å². The van der Waals surface area contributed by atoms with E-state index >= 15 is 0 Å². The van der Waals surface area contributed by atoms with E-state index in [2.05, 4.69) is 10.3 Å². The summed E-state index contributed by atoms with van der Waals surface area (Å²) in [7, 11) is 0. The molecule has 138 valence electrons. The summed E-state index contributed by atoms with van der Waals surface area (Å²) in [6, 6.07) is 13.7. The van der Waals surface area contributed by atoms with Crippen LogP contribution < -0.4 is 5.32 Å². The van der Waals surface area contributed by atoms with E-state index in [1.807, 2.05) is 4.57 Å². The Labute approximate surface area is 161 Å². The first kappa shape index (κ1) is 18.7. The van der Waals surface area contributed by atoms with Gasteiger partial charge >= 0.3 is 5.97 Å². The standard InChI is InChI=1S/C20H18ClN3O3/c21-17-6-4-15(5-7-17)13-27-20(26)16-2-1-3-18(12-16)23-19(25)8-10-24-11-9-22-14-24/h1-7,9,11-12,14H,8,10,13H2,(H,23,25). The molecule has 3 aromatic rings. The zero-order valence-electron chi connectivity index (χ0n) is 14.5. The molecular formula is C20H18ClN3O3. The number of hydrogen-bond acceptors (Lipinski definition) is 4. The molecule has 0 aliphatic heterocycles. The number of amides is 1. The van der Waals surface area contributed by atoms with Gasteiger partial charge in [-0.3, -0.25) is 4.79 Å². The number of benzene rings is 2. The summed E-state index contributed by atoms with van der Waals surface area (Å²) in [5.41, 5.74) is 1.76.